The molecule has 0 saturated carbocycles. The first-order valence-corrected chi connectivity index (χ1v) is 13.8. The molecule has 0 N–H and O–H groups in total. The molecule has 0 aliphatic heterocycles. The molecule has 0 amide bonds. The van der Waals surface area contributed by atoms with Crippen LogP contribution in [0.4, 0.5) is 0 Å². The smallest absolute Gasteiger partial charge is 0.182 e. The van der Waals surface area contributed by atoms with Crippen LogP contribution in [0.15, 0.2) is 144 Å². The fourth-order valence-corrected chi connectivity index (χ4v) is 6.46. The van der Waals surface area contributed by atoms with Gasteiger partial charge in [-0.05, 0) is 59.7 Å². The molecular formula is C37H23N3O. The molecular weight excluding hydrogens is 502 g/mol. The molecule has 3 heterocycles. The average Bonchev–Trinajstić information content (AvgIpc) is 3.73. The van der Waals surface area contributed by atoms with Gasteiger partial charge in [-0.15, -0.1) is 0 Å². The summed E-state index contributed by atoms with van der Waals surface area (Å²) in [6.45, 7) is 0. The highest BCUT2D eigenvalue weighted by atomic mass is 16.3. The molecule has 0 aliphatic rings. The Morgan fingerprint density at radius 1 is 0.463 bits per heavy atom. The number of para-hydroxylation sites is 3. The van der Waals surface area contributed by atoms with Crippen molar-refractivity contribution in [1.29, 1.82) is 0 Å². The zero-order valence-electron chi connectivity index (χ0n) is 22.0. The second kappa shape index (κ2) is 8.44. The summed E-state index contributed by atoms with van der Waals surface area (Å²) in [6, 6.07) is 47.4. The molecule has 3 aromatic heterocycles. The number of rotatable bonds is 3. The highest BCUT2D eigenvalue weighted by Crippen LogP contribution is 2.41. The zero-order valence-corrected chi connectivity index (χ0v) is 22.0. The second-order valence-corrected chi connectivity index (χ2v) is 10.5. The van der Waals surface area contributed by atoms with E-state index in [9.17, 15) is 0 Å². The van der Waals surface area contributed by atoms with Crippen molar-refractivity contribution in [3.8, 4) is 22.5 Å². The molecule has 41 heavy (non-hydrogen) atoms. The van der Waals surface area contributed by atoms with Gasteiger partial charge in [-0.2, -0.15) is 0 Å². The van der Waals surface area contributed by atoms with Gasteiger partial charge >= 0.3 is 0 Å². The van der Waals surface area contributed by atoms with E-state index in [1.165, 1.54) is 32.6 Å². The summed E-state index contributed by atoms with van der Waals surface area (Å²) < 4.78 is 10.6. The molecule has 4 nitrogen and oxygen atoms in total. The maximum absolute atomic E-state index is 5.90. The lowest BCUT2D eigenvalue weighted by Gasteiger charge is -2.12. The van der Waals surface area contributed by atoms with Crippen molar-refractivity contribution in [3.05, 3.63) is 140 Å². The van der Waals surface area contributed by atoms with Crippen LogP contribution in [0, 0.1) is 0 Å². The Kier molecular flexibility index (Phi) is 4.58. The van der Waals surface area contributed by atoms with Crippen LogP contribution in [0.3, 0.4) is 0 Å². The van der Waals surface area contributed by atoms with E-state index in [1.54, 1.807) is 6.39 Å². The SMILES string of the molecule is c1ccc(-c2cc(-n3c4ccccc4c4cc5c(cc43)c3ccccc3n5-c3ccccc3)c3ncoc3c2)cc1. The lowest BCUT2D eigenvalue weighted by atomic mass is 10.0. The highest BCUT2D eigenvalue weighted by Gasteiger charge is 2.20. The monoisotopic (exact) mass is 525 g/mol. The number of benzene rings is 6. The van der Waals surface area contributed by atoms with E-state index in [0.717, 1.165) is 44.6 Å². The standard InChI is InChI=1S/C37H23N3O/c1-3-11-24(12-4-1)25-19-35(37-36(20-25)41-23-38-37)40-32-18-10-8-16-28(32)30-21-33-29(22-34(30)40)27-15-7-9-17-31(27)39(33)26-13-5-2-6-14-26/h1-23H. The summed E-state index contributed by atoms with van der Waals surface area (Å²) in [4.78, 5) is 4.69. The summed E-state index contributed by atoms with van der Waals surface area (Å²) in [5.74, 6) is 0. The molecule has 0 saturated heterocycles. The number of aromatic nitrogens is 3. The Balaban J connectivity index is 1.44. The predicted octanol–water partition coefficient (Wildman–Crippen LogP) is 9.69. The molecule has 192 valence electrons. The van der Waals surface area contributed by atoms with Crippen molar-refractivity contribution < 1.29 is 4.42 Å². The fraction of sp³-hybridized carbons (Fsp3) is 0. The number of hydrogen-bond donors (Lipinski definition) is 0. The predicted molar refractivity (Wildman–Crippen MR) is 168 cm³/mol. The summed E-state index contributed by atoms with van der Waals surface area (Å²) in [5, 5.41) is 4.86. The Hall–Kier alpha value is -5.61. The minimum atomic E-state index is 0.772. The van der Waals surface area contributed by atoms with Gasteiger partial charge in [0.25, 0.3) is 0 Å². The third kappa shape index (κ3) is 3.19. The molecule has 0 radical (unpaired) electrons. The minimum Gasteiger partial charge on any atom is -0.443 e. The molecule has 0 bridgehead atoms. The molecule has 4 heteroatoms. The third-order valence-electron chi connectivity index (χ3n) is 8.24. The topological polar surface area (TPSA) is 35.9 Å². The number of fused-ring (bicyclic) bond motifs is 7. The van der Waals surface area contributed by atoms with Crippen LogP contribution in [0.25, 0.3) is 77.2 Å². The first-order valence-electron chi connectivity index (χ1n) is 13.8. The third-order valence-corrected chi connectivity index (χ3v) is 8.24. The molecule has 9 rings (SSSR count). The summed E-state index contributed by atoms with van der Waals surface area (Å²) in [7, 11) is 0. The van der Waals surface area contributed by atoms with E-state index < -0.39 is 0 Å². The molecule has 0 fully saturated rings. The van der Waals surface area contributed by atoms with E-state index in [-0.39, 0.29) is 0 Å². The van der Waals surface area contributed by atoms with Crippen LogP contribution in [0.5, 0.6) is 0 Å². The van der Waals surface area contributed by atoms with E-state index in [0.29, 0.717) is 0 Å². The largest absolute Gasteiger partial charge is 0.443 e. The second-order valence-electron chi connectivity index (χ2n) is 10.5. The van der Waals surface area contributed by atoms with Crippen molar-refractivity contribution in [3.63, 3.8) is 0 Å². The zero-order chi connectivity index (χ0) is 26.9. The molecule has 6 aromatic carbocycles. The summed E-state index contributed by atoms with van der Waals surface area (Å²) in [5.41, 5.74) is 10.7. The lowest BCUT2D eigenvalue weighted by Crippen LogP contribution is -1.96. The van der Waals surface area contributed by atoms with Crippen molar-refractivity contribution in [2.24, 2.45) is 0 Å². The fourth-order valence-electron chi connectivity index (χ4n) is 6.46. The van der Waals surface area contributed by atoms with Gasteiger partial charge in [-0.1, -0.05) is 84.9 Å². The molecule has 0 aliphatic carbocycles. The molecule has 0 atom stereocenters. The van der Waals surface area contributed by atoms with Crippen LogP contribution in [-0.4, -0.2) is 14.1 Å². The first kappa shape index (κ1) is 22.2. The lowest BCUT2D eigenvalue weighted by molar-refractivity contribution is 0.602. The Morgan fingerprint density at radius 3 is 1.76 bits per heavy atom. The van der Waals surface area contributed by atoms with Crippen molar-refractivity contribution in [2.45, 2.75) is 0 Å². The van der Waals surface area contributed by atoms with Gasteiger partial charge in [-0.25, -0.2) is 4.98 Å². The summed E-state index contributed by atoms with van der Waals surface area (Å²) >= 11 is 0. The number of oxazole rings is 1. The quantitative estimate of drug-likeness (QED) is 0.230. The minimum absolute atomic E-state index is 0.772. The van der Waals surface area contributed by atoms with E-state index in [4.69, 9.17) is 4.42 Å². The van der Waals surface area contributed by atoms with Crippen LogP contribution in [-0.2, 0) is 0 Å². The Bertz CT molecular complexity index is 2410. The molecule has 0 spiro atoms. The highest BCUT2D eigenvalue weighted by molar-refractivity contribution is 6.19. The van der Waals surface area contributed by atoms with Crippen LogP contribution < -0.4 is 0 Å². The molecule has 9 aromatic rings. The van der Waals surface area contributed by atoms with Crippen LogP contribution in [0.2, 0.25) is 0 Å². The maximum Gasteiger partial charge on any atom is 0.182 e. The van der Waals surface area contributed by atoms with Gasteiger partial charge in [0.1, 0.15) is 5.52 Å². The van der Waals surface area contributed by atoms with Crippen molar-refractivity contribution in [2.75, 3.05) is 0 Å². The Labute approximate surface area is 235 Å². The maximum atomic E-state index is 5.90. The van der Waals surface area contributed by atoms with Crippen molar-refractivity contribution in [1.82, 2.24) is 14.1 Å². The van der Waals surface area contributed by atoms with Gasteiger partial charge in [0.15, 0.2) is 12.0 Å². The van der Waals surface area contributed by atoms with Crippen LogP contribution >= 0.6 is 0 Å². The van der Waals surface area contributed by atoms with Gasteiger partial charge in [0.2, 0.25) is 0 Å². The van der Waals surface area contributed by atoms with Gasteiger partial charge < -0.3 is 13.6 Å². The first-order chi connectivity index (χ1) is 20.3. The molecule has 0 unspecified atom stereocenters. The number of hydrogen-bond acceptors (Lipinski definition) is 2. The summed E-state index contributed by atoms with van der Waals surface area (Å²) in [6.07, 6.45) is 1.54. The Morgan fingerprint density at radius 2 is 1.05 bits per heavy atom. The van der Waals surface area contributed by atoms with E-state index in [2.05, 4.69) is 142 Å². The van der Waals surface area contributed by atoms with Gasteiger partial charge in [-0.3, -0.25) is 0 Å². The van der Waals surface area contributed by atoms with Crippen molar-refractivity contribution >= 4 is 54.7 Å². The average molecular weight is 526 g/mol. The van der Waals surface area contributed by atoms with Gasteiger partial charge in [0, 0.05) is 27.2 Å². The van der Waals surface area contributed by atoms with E-state index in [1.807, 2.05) is 6.07 Å². The van der Waals surface area contributed by atoms with E-state index >= 15 is 0 Å². The van der Waals surface area contributed by atoms with Crippen LogP contribution in [0.1, 0.15) is 0 Å². The number of nitrogens with zero attached hydrogens (tertiary/aromatic N) is 3. The normalized spacial score (nSPS) is 11.9. The van der Waals surface area contributed by atoms with Gasteiger partial charge in [0.05, 0.1) is 27.8 Å².